The first-order chi connectivity index (χ1) is 9.47. The Labute approximate surface area is 115 Å². The second kappa shape index (κ2) is 6.04. The van der Waals surface area contributed by atoms with Gasteiger partial charge in [0.1, 0.15) is 0 Å². The van der Waals surface area contributed by atoms with Gasteiger partial charge in [0.05, 0.1) is 6.61 Å². The van der Waals surface area contributed by atoms with Crippen molar-refractivity contribution in [1.82, 2.24) is 0 Å². The lowest BCUT2D eigenvalue weighted by Gasteiger charge is -2.13. The first kappa shape index (κ1) is 14.5. The summed E-state index contributed by atoms with van der Waals surface area (Å²) in [7, 11) is 0. The Morgan fingerprint density at radius 1 is 1.35 bits per heavy atom. The molecule has 2 heterocycles. The minimum absolute atomic E-state index is 0.0522. The Balaban J connectivity index is 1.85. The van der Waals surface area contributed by atoms with Crippen molar-refractivity contribution in [3.8, 4) is 0 Å². The number of hydrogen-bond acceptors (Lipinski definition) is 7. The summed E-state index contributed by atoms with van der Waals surface area (Å²) >= 11 is 0. The predicted octanol–water partition coefficient (Wildman–Crippen LogP) is 0.469. The van der Waals surface area contributed by atoms with Crippen LogP contribution >= 0.6 is 0 Å². The fourth-order valence-corrected chi connectivity index (χ4v) is 1.87. The average Bonchev–Trinajstić information content (AvgIpc) is 3.00. The fraction of sp³-hybridized carbons (Fsp3) is 0.615. The minimum atomic E-state index is -1.10. The smallest absolute Gasteiger partial charge is 0.349 e. The monoisotopic (exact) mass is 284 g/mol. The van der Waals surface area contributed by atoms with E-state index in [0.717, 1.165) is 6.42 Å². The molecule has 2 fully saturated rings. The Morgan fingerprint density at radius 2 is 2.10 bits per heavy atom. The minimum Gasteiger partial charge on any atom is -0.447 e. The second-order valence-electron chi connectivity index (χ2n) is 4.71. The van der Waals surface area contributed by atoms with Crippen LogP contribution < -0.4 is 0 Å². The summed E-state index contributed by atoms with van der Waals surface area (Å²) in [4.78, 5) is 34.6. The van der Waals surface area contributed by atoms with E-state index in [-0.39, 0.29) is 12.0 Å². The summed E-state index contributed by atoms with van der Waals surface area (Å²) < 4.78 is 19.9. The van der Waals surface area contributed by atoms with Crippen LogP contribution in [0, 0.1) is 0 Å². The van der Waals surface area contributed by atoms with E-state index in [0.29, 0.717) is 13.0 Å². The van der Waals surface area contributed by atoms with Gasteiger partial charge in [0, 0.05) is 18.4 Å². The number of rotatable bonds is 4. The van der Waals surface area contributed by atoms with Crippen LogP contribution in [0.5, 0.6) is 0 Å². The first-order valence-corrected chi connectivity index (χ1v) is 6.36. The summed E-state index contributed by atoms with van der Waals surface area (Å²) in [6, 6.07) is 0. The summed E-state index contributed by atoms with van der Waals surface area (Å²) in [5.74, 6) is -2.13. The number of cyclic esters (lactones) is 1. The average molecular weight is 284 g/mol. The maximum atomic E-state index is 11.8. The van der Waals surface area contributed by atoms with E-state index in [2.05, 4.69) is 6.58 Å². The standard InChI is InChI=1S/C13H16O7/c1-7(2)11(14)18-8-6-9(19-12(8)15)13(16)20-10-4-3-5-17-10/h8-10H,1,3-6H2,2H3. The van der Waals surface area contributed by atoms with E-state index < -0.39 is 36.4 Å². The third-order valence-electron chi connectivity index (χ3n) is 2.95. The highest BCUT2D eigenvalue weighted by molar-refractivity contribution is 5.91. The van der Waals surface area contributed by atoms with Gasteiger partial charge in [0.25, 0.3) is 0 Å². The van der Waals surface area contributed by atoms with E-state index in [9.17, 15) is 14.4 Å². The summed E-state index contributed by atoms with van der Waals surface area (Å²) in [5, 5.41) is 0. The van der Waals surface area contributed by atoms with Crippen molar-refractivity contribution < 1.29 is 33.3 Å². The van der Waals surface area contributed by atoms with Gasteiger partial charge in [-0.25, -0.2) is 14.4 Å². The largest absolute Gasteiger partial charge is 0.447 e. The fourth-order valence-electron chi connectivity index (χ4n) is 1.87. The van der Waals surface area contributed by atoms with Gasteiger partial charge in [-0.3, -0.25) is 0 Å². The molecular formula is C13H16O7. The van der Waals surface area contributed by atoms with Gasteiger partial charge in [0.15, 0.2) is 0 Å². The molecule has 2 rings (SSSR count). The molecule has 0 amide bonds. The Kier molecular flexibility index (Phi) is 4.39. The number of ether oxygens (including phenoxy) is 4. The molecule has 7 heteroatoms. The van der Waals surface area contributed by atoms with Crippen molar-refractivity contribution in [3.63, 3.8) is 0 Å². The van der Waals surface area contributed by atoms with Crippen LogP contribution in [0.15, 0.2) is 12.2 Å². The molecule has 2 aliphatic heterocycles. The molecule has 7 nitrogen and oxygen atoms in total. The summed E-state index contributed by atoms with van der Waals surface area (Å²) in [6.45, 7) is 5.42. The van der Waals surface area contributed by atoms with Crippen molar-refractivity contribution >= 4 is 17.9 Å². The van der Waals surface area contributed by atoms with Crippen LogP contribution in [0.25, 0.3) is 0 Å². The first-order valence-electron chi connectivity index (χ1n) is 6.36. The van der Waals surface area contributed by atoms with Crippen molar-refractivity contribution in [2.75, 3.05) is 6.61 Å². The molecule has 0 spiro atoms. The van der Waals surface area contributed by atoms with Gasteiger partial charge in [-0.15, -0.1) is 0 Å². The lowest BCUT2D eigenvalue weighted by molar-refractivity contribution is -0.182. The number of carbonyl (C=O) groups is 3. The lowest BCUT2D eigenvalue weighted by atomic mass is 10.2. The van der Waals surface area contributed by atoms with E-state index in [4.69, 9.17) is 18.9 Å². The molecule has 0 radical (unpaired) electrons. The molecular weight excluding hydrogens is 268 g/mol. The van der Waals surface area contributed by atoms with E-state index in [1.807, 2.05) is 0 Å². The van der Waals surface area contributed by atoms with Crippen LogP contribution in [0.1, 0.15) is 26.2 Å². The SMILES string of the molecule is C=C(C)C(=O)OC1CC(C(=O)OC2CCCO2)OC1=O. The Hall–Kier alpha value is -1.89. The van der Waals surface area contributed by atoms with Crippen LogP contribution in [0.2, 0.25) is 0 Å². The number of carbonyl (C=O) groups excluding carboxylic acids is 3. The Bertz CT molecular complexity index is 436. The maximum absolute atomic E-state index is 11.8. The third kappa shape index (κ3) is 3.36. The van der Waals surface area contributed by atoms with Crippen LogP contribution in [-0.2, 0) is 33.3 Å². The topological polar surface area (TPSA) is 88.1 Å². The molecule has 20 heavy (non-hydrogen) atoms. The predicted molar refractivity (Wildman–Crippen MR) is 64.3 cm³/mol. The zero-order valence-corrected chi connectivity index (χ0v) is 11.1. The lowest BCUT2D eigenvalue weighted by Crippen LogP contribution is -2.28. The third-order valence-corrected chi connectivity index (χ3v) is 2.95. The van der Waals surface area contributed by atoms with Gasteiger partial charge < -0.3 is 18.9 Å². The van der Waals surface area contributed by atoms with Crippen LogP contribution in [-0.4, -0.2) is 43.0 Å². The summed E-state index contributed by atoms with van der Waals surface area (Å²) in [6.07, 6.45) is -1.35. The summed E-state index contributed by atoms with van der Waals surface area (Å²) in [5.41, 5.74) is 0.170. The van der Waals surface area contributed by atoms with Crippen molar-refractivity contribution in [2.45, 2.75) is 44.7 Å². The van der Waals surface area contributed by atoms with Crippen LogP contribution in [0.3, 0.4) is 0 Å². The molecule has 2 aliphatic rings. The molecule has 0 N–H and O–H groups in total. The van der Waals surface area contributed by atoms with E-state index in [1.165, 1.54) is 6.92 Å². The molecule has 0 aromatic carbocycles. The quantitative estimate of drug-likeness (QED) is 0.421. The van der Waals surface area contributed by atoms with E-state index in [1.54, 1.807) is 0 Å². The number of esters is 3. The number of hydrogen-bond donors (Lipinski definition) is 0. The maximum Gasteiger partial charge on any atom is 0.349 e. The molecule has 0 aliphatic carbocycles. The molecule has 3 unspecified atom stereocenters. The van der Waals surface area contributed by atoms with Crippen molar-refractivity contribution in [2.24, 2.45) is 0 Å². The van der Waals surface area contributed by atoms with E-state index >= 15 is 0 Å². The highest BCUT2D eigenvalue weighted by Gasteiger charge is 2.43. The van der Waals surface area contributed by atoms with Crippen molar-refractivity contribution in [3.05, 3.63) is 12.2 Å². The zero-order chi connectivity index (χ0) is 14.7. The highest BCUT2D eigenvalue weighted by atomic mass is 16.7. The van der Waals surface area contributed by atoms with Crippen molar-refractivity contribution in [1.29, 1.82) is 0 Å². The molecule has 0 aromatic heterocycles. The molecule has 3 atom stereocenters. The van der Waals surface area contributed by atoms with Gasteiger partial charge >= 0.3 is 17.9 Å². The van der Waals surface area contributed by atoms with Gasteiger partial charge in [-0.1, -0.05) is 6.58 Å². The van der Waals surface area contributed by atoms with Gasteiger partial charge in [-0.2, -0.15) is 0 Å². The zero-order valence-electron chi connectivity index (χ0n) is 11.1. The molecule has 110 valence electrons. The molecule has 0 aromatic rings. The Morgan fingerprint density at radius 3 is 2.70 bits per heavy atom. The highest BCUT2D eigenvalue weighted by Crippen LogP contribution is 2.22. The normalized spacial score (nSPS) is 28.9. The molecule has 2 saturated heterocycles. The van der Waals surface area contributed by atoms with Gasteiger partial charge in [0.2, 0.25) is 18.5 Å². The molecule has 0 saturated carbocycles. The second-order valence-corrected chi connectivity index (χ2v) is 4.71. The van der Waals surface area contributed by atoms with Gasteiger partial charge in [-0.05, 0) is 13.3 Å². The molecule has 0 bridgehead atoms. The van der Waals surface area contributed by atoms with Crippen LogP contribution in [0.4, 0.5) is 0 Å².